The summed E-state index contributed by atoms with van der Waals surface area (Å²) in [4.78, 5) is 46.8. The summed E-state index contributed by atoms with van der Waals surface area (Å²) in [5.41, 5.74) is -0.737. The van der Waals surface area contributed by atoms with Gasteiger partial charge in [0.25, 0.3) is 11.5 Å². The number of carbonyl (C=O) groups is 2. The second-order valence-electron chi connectivity index (χ2n) is 5.40. The average Bonchev–Trinajstić information content (AvgIpc) is 2.67. The number of aromatic nitrogens is 2. The third kappa shape index (κ3) is 5.05. The number of nitrogens with zero attached hydrogens (tertiary/aromatic N) is 3. The fourth-order valence-corrected chi connectivity index (χ4v) is 1.99. The number of benzene rings is 1. The first-order valence-corrected chi connectivity index (χ1v) is 7.67. The summed E-state index contributed by atoms with van der Waals surface area (Å²) >= 11 is 0. The van der Waals surface area contributed by atoms with Crippen molar-refractivity contribution in [3.05, 3.63) is 56.7 Å². The molecule has 2 rings (SSSR count). The predicted molar refractivity (Wildman–Crippen MR) is 93.2 cm³/mol. The van der Waals surface area contributed by atoms with E-state index in [2.05, 4.69) is 5.32 Å². The van der Waals surface area contributed by atoms with E-state index in [0.717, 1.165) is 15.2 Å². The standard InChI is InChI=1S/C17H16N4O6/c1-20-13(7-15(23)21(2)17(20)25)19-14(22)9-27-16(24)10-26-12-5-3-11(8-18)4-6-12/h3-7H,9-10H2,1-2H3,(H,19,22). The first-order valence-electron chi connectivity index (χ1n) is 7.67. The zero-order chi connectivity index (χ0) is 20.0. The lowest BCUT2D eigenvalue weighted by atomic mass is 10.2. The normalized spacial score (nSPS) is 9.96. The van der Waals surface area contributed by atoms with Crippen LogP contribution in [0.3, 0.4) is 0 Å². The molecule has 1 heterocycles. The minimum absolute atomic E-state index is 0.0158. The van der Waals surface area contributed by atoms with Crippen LogP contribution in [0.25, 0.3) is 0 Å². The Morgan fingerprint density at radius 1 is 1.11 bits per heavy atom. The number of rotatable bonds is 6. The SMILES string of the molecule is Cn1c(NC(=O)COC(=O)COc2ccc(C#N)cc2)cc(=O)n(C)c1=O. The summed E-state index contributed by atoms with van der Waals surface area (Å²) in [6.07, 6.45) is 0. The lowest BCUT2D eigenvalue weighted by molar-refractivity contribution is -0.149. The molecule has 0 saturated heterocycles. The zero-order valence-electron chi connectivity index (χ0n) is 14.6. The minimum atomic E-state index is -0.785. The Kier molecular flexibility index (Phi) is 6.11. The van der Waals surface area contributed by atoms with Crippen molar-refractivity contribution in [2.75, 3.05) is 18.5 Å². The van der Waals surface area contributed by atoms with Crippen LogP contribution in [-0.2, 0) is 28.4 Å². The molecular weight excluding hydrogens is 356 g/mol. The van der Waals surface area contributed by atoms with Gasteiger partial charge < -0.3 is 14.8 Å². The first-order chi connectivity index (χ1) is 12.8. The molecule has 2 aromatic rings. The van der Waals surface area contributed by atoms with Crippen molar-refractivity contribution in [1.82, 2.24) is 9.13 Å². The van der Waals surface area contributed by atoms with Crippen LogP contribution in [0.2, 0.25) is 0 Å². The van der Waals surface area contributed by atoms with Gasteiger partial charge in [-0.2, -0.15) is 5.26 Å². The van der Waals surface area contributed by atoms with E-state index in [1.165, 1.54) is 38.4 Å². The molecule has 0 fully saturated rings. The molecule has 0 bridgehead atoms. The Bertz CT molecular complexity index is 1010. The van der Waals surface area contributed by atoms with Gasteiger partial charge >= 0.3 is 11.7 Å². The minimum Gasteiger partial charge on any atom is -0.482 e. The molecule has 10 heteroatoms. The van der Waals surface area contributed by atoms with E-state index in [1.54, 1.807) is 0 Å². The Morgan fingerprint density at radius 2 is 1.78 bits per heavy atom. The van der Waals surface area contributed by atoms with Crippen LogP contribution in [0.5, 0.6) is 5.75 Å². The van der Waals surface area contributed by atoms with Gasteiger partial charge in [0.1, 0.15) is 11.6 Å². The van der Waals surface area contributed by atoms with Gasteiger partial charge in [0.2, 0.25) is 0 Å². The van der Waals surface area contributed by atoms with Crippen LogP contribution < -0.4 is 21.3 Å². The highest BCUT2D eigenvalue weighted by molar-refractivity contribution is 5.92. The van der Waals surface area contributed by atoms with E-state index >= 15 is 0 Å². The van der Waals surface area contributed by atoms with Gasteiger partial charge in [-0.05, 0) is 24.3 Å². The van der Waals surface area contributed by atoms with Crippen LogP contribution in [0, 0.1) is 11.3 Å². The maximum Gasteiger partial charge on any atom is 0.344 e. The van der Waals surface area contributed by atoms with Crippen LogP contribution >= 0.6 is 0 Å². The fraction of sp³-hybridized carbons (Fsp3) is 0.235. The highest BCUT2D eigenvalue weighted by atomic mass is 16.6. The lowest BCUT2D eigenvalue weighted by Crippen LogP contribution is -2.38. The molecule has 10 nitrogen and oxygen atoms in total. The summed E-state index contributed by atoms with van der Waals surface area (Å²) in [5.74, 6) is -1.15. The number of esters is 1. The van der Waals surface area contributed by atoms with Crippen molar-refractivity contribution in [2.45, 2.75) is 0 Å². The number of nitriles is 1. The third-order valence-electron chi connectivity index (χ3n) is 3.50. The number of hydrogen-bond donors (Lipinski definition) is 1. The second kappa shape index (κ2) is 8.48. The Morgan fingerprint density at radius 3 is 2.41 bits per heavy atom. The van der Waals surface area contributed by atoms with Crippen molar-refractivity contribution in [1.29, 1.82) is 5.26 Å². The largest absolute Gasteiger partial charge is 0.482 e. The maximum absolute atomic E-state index is 11.8. The lowest BCUT2D eigenvalue weighted by Gasteiger charge is -2.11. The smallest absolute Gasteiger partial charge is 0.344 e. The average molecular weight is 372 g/mol. The highest BCUT2D eigenvalue weighted by Gasteiger charge is 2.12. The van der Waals surface area contributed by atoms with E-state index in [9.17, 15) is 19.2 Å². The summed E-state index contributed by atoms with van der Waals surface area (Å²) in [6.45, 7) is -1.04. The van der Waals surface area contributed by atoms with Crippen molar-refractivity contribution in [3.63, 3.8) is 0 Å². The van der Waals surface area contributed by atoms with Crippen molar-refractivity contribution >= 4 is 17.7 Å². The molecule has 0 atom stereocenters. The molecule has 0 unspecified atom stereocenters. The molecule has 0 spiro atoms. The zero-order valence-corrected chi connectivity index (χ0v) is 14.6. The quantitative estimate of drug-likeness (QED) is 0.677. The highest BCUT2D eigenvalue weighted by Crippen LogP contribution is 2.11. The van der Waals surface area contributed by atoms with Gasteiger partial charge in [-0.1, -0.05) is 0 Å². The molecular formula is C17H16N4O6. The van der Waals surface area contributed by atoms with E-state index in [4.69, 9.17) is 14.7 Å². The number of carbonyl (C=O) groups excluding carboxylic acids is 2. The van der Waals surface area contributed by atoms with Crippen LogP contribution in [0.15, 0.2) is 39.9 Å². The molecule has 0 aliphatic carbocycles. The number of hydrogen-bond acceptors (Lipinski definition) is 7. The molecule has 1 N–H and O–H groups in total. The summed E-state index contributed by atoms with van der Waals surface area (Å²) in [7, 11) is 2.70. The van der Waals surface area contributed by atoms with E-state index in [0.29, 0.717) is 11.3 Å². The van der Waals surface area contributed by atoms with Crippen LogP contribution in [0.1, 0.15) is 5.56 Å². The van der Waals surface area contributed by atoms with E-state index in [1.807, 2.05) is 6.07 Å². The van der Waals surface area contributed by atoms with Crippen LogP contribution in [0.4, 0.5) is 5.82 Å². The van der Waals surface area contributed by atoms with Gasteiger partial charge in [-0.15, -0.1) is 0 Å². The third-order valence-corrected chi connectivity index (χ3v) is 3.50. The second-order valence-corrected chi connectivity index (χ2v) is 5.40. The molecule has 0 aliphatic rings. The van der Waals surface area contributed by atoms with Gasteiger partial charge in [-0.3, -0.25) is 18.7 Å². The van der Waals surface area contributed by atoms with Gasteiger partial charge in [0.15, 0.2) is 13.2 Å². The molecule has 1 aromatic carbocycles. The first kappa shape index (κ1) is 19.5. The van der Waals surface area contributed by atoms with E-state index in [-0.39, 0.29) is 5.82 Å². The van der Waals surface area contributed by atoms with Crippen LogP contribution in [-0.4, -0.2) is 34.2 Å². The molecule has 1 amide bonds. The molecule has 0 saturated carbocycles. The fourth-order valence-electron chi connectivity index (χ4n) is 1.99. The maximum atomic E-state index is 11.8. The number of anilines is 1. The van der Waals surface area contributed by atoms with Gasteiger partial charge in [-0.25, -0.2) is 9.59 Å². The Balaban J connectivity index is 1.85. The van der Waals surface area contributed by atoms with Gasteiger partial charge in [0, 0.05) is 20.2 Å². The Labute approximate surface area is 153 Å². The molecule has 140 valence electrons. The molecule has 0 aliphatic heterocycles. The summed E-state index contributed by atoms with van der Waals surface area (Å²) < 4.78 is 11.9. The number of amides is 1. The van der Waals surface area contributed by atoms with Crippen molar-refractivity contribution in [2.24, 2.45) is 14.1 Å². The molecule has 27 heavy (non-hydrogen) atoms. The summed E-state index contributed by atoms with van der Waals surface area (Å²) in [5, 5.41) is 11.0. The summed E-state index contributed by atoms with van der Waals surface area (Å²) in [6, 6.07) is 9.14. The predicted octanol–water partition coefficient (Wildman–Crippen LogP) is -0.484. The monoisotopic (exact) mass is 372 g/mol. The molecule has 1 aromatic heterocycles. The topological polar surface area (TPSA) is 132 Å². The van der Waals surface area contributed by atoms with Gasteiger partial charge in [0.05, 0.1) is 11.6 Å². The van der Waals surface area contributed by atoms with Crippen molar-refractivity contribution in [3.8, 4) is 11.8 Å². The molecule has 0 radical (unpaired) electrons. The number of ether oxygens (including phenoxy) is 2. The van der Waals surface area contributed by atoms with E-state index < -0.39 is 36.3 Å². The number of nitrogens with one attached hydrogen (secondary N) is 1. The van der Waals surface area contributed by atoms with Crippen molar-refractivity contribution < 1.29 is 19.1 Å². The Hall–Kier alpha value is -3.87.